The second-order valence-corrected chi connectivity index (χ2v) is 9.01. The molecule has 0 aliphatic carbocycles. The summed E-state index contributed by atoms with van der Waals surface area (Å²) >= 11 is 1.60. The van der Waals surface area contributed by atoms with Crippen molar-refractivity contribution in [3.63, 3.8) is 0 Å². The van der Waals surface area contributed by atoms with Gasteiger partial charge in [-0.3, -0.25) is 4.79 Å². The van der Waals surface area contributed by atoms with Crippen molar-refractivity contribution >= 4 is 11.8 Å². The van der Waals surface area contributed by atoms with E-state index in [1.807, 2.05) is 6.07 Å². The highest BCUT2D eigenvalue weighted by Gasteiger charge is 2.08. The molecular weight excluding hydrogens is 406 g/mol. The Morgan fingerprint density at radius 3 is 2.45 bits per heavy atom. The quantitative estimate of drug-likeness (QED) is 0.143. The van der Waals surface area contributed by atoms with Gasteiger partial charge in [0.25, 0.3) is 5.56 Å². The van der Waals surface area contributed by atoms with Gasteiger partial charge < -0.3 is 10.2 Å². The van der Waals surface area contributed by atoms with Gasteiger partial charge in [-0.25, -0.2) is 4.98 Å². The molecule has 0 bridgehead atoms. The highest BCUT2D eigenvalue weighted by atomic mass is 32.2. The number of rotatable bonds is 12. The standard InChI is InChI=1S/C25H31N3O2S/c1-20-14-15-22(19-28(20)30)17-23-18-26-25(27-24(23)29)31-16-10-5-3-2-4-7-11-21-12-8-6-9-13-21/h6,8-9,12-15,18-19H,2-5,7,10-11,16-17H2,1H3,(H,26,27,29). The van der Waals surface area contributed by atoms with Crippen molar-refractivity contribution in [1.29, 1.82) is 0 Å². The largest absolute Gasteiger partial charge is 0.619 e. The molecule has 1 aromatic carbocycles. The molecule has 2 heterocycles. The Hall–Kier alpha value is -2.60. The Morgan fingerprint density at radius 1 is 0.968 bits per heavy atom. The van der Waals surface area contributed by atoms with Gasteiger partial charge in [-0.1, -0.05) is 67.8 Å². The third kappa shape index (κ3) is 7.87. The third-order valence-corrected chi connectivity index (χ3v) is 6.33. The van der Waals surface area contributed by atoms with Crippen LogP contribution in [0.1, 0.15) is 60.9 Å². The van der Waals surface area contributed by atoms with Crippen LogP contribution in [0.2, 0.25) is 0 Å². The zero-order valence-electron chi connectivity index (χ0n) is 18.2. The van der Waals surface area contributed by atoms with Crippen LogP contribution in [-0.4, -0.2) is 15.7 Å². The predicted molar refractivity (Wildman–Crippen MR) is 126 cm³/mol. The minimum absolute atomic E-state index is 0.131. The Morgan fingerprint density at radius 2 is 1.71 bits per heavy atom. The van der Waals surface area contributed by atoms with Gasteiger partial charge in [0.05, 0.1) is 0 Å². The summed E-state index contributed by atoms with van der Waals surface area (Å²) in [6.45, 7) is 1.75. The fourth-order valence-corrected chi connectivity index (χ4v) is 4.31. The van der Waals surface area contributed by atoms with Crippen LogP contribution in [0.3, 0.4) is 0 Å². The number of aromatic nitrogens is 3. The summed E-state index contributed by atoms with van der Waals surface area (Å²) in [5.74, 6) is 0.959. The van der Waals surface area contributed by atoms with Crippen molar-refractivity contribution in [2.45, 2.75) is 63.4 Å². The van der Waals surface area contributed by atoms with E-state index in [4.69, 9.17) is 0 Å². The Kier molecular flexibility index (Phi) is 9.16. The van der Waals surface area contributed by atoms with Crippen molar-refractivity contribution in [1.82, 2.24) is 9.97 Å². The molecule has 1 N–H and O–H groups in total. The van der Waals surface area contributed by atoms with Crippen LogP contribution in [-0.2, 0) is 12.8 Å². The maximum atomic E-state index is 12.3. The van der Waals surface area contributed by atoms with Gasteiger partial charge in [0.15, 0.2) is 17.0 Å². The average Bonchev–Trinajstić information content (AvgIpc) is 2.77. The molecule has 0 fully saturated rings. The number of thioether (sulfide) groups is 1. The second kappa shape index (κ2) is 12.3. The monoisotopic (exact) mass is 437 g/mol. The maximum Gasteiger partial charge on any atom is 0.255 e. The van der Waals surface area contributed by atoms with Crippen LogP contribution in [0.5, 0.6) is 0 Å². The van der Waals surface area contributed by atoms with E-state index in [0.29, 0.717) is 22.8 Å². The first kappa shape index (κ1) is 23.1. The number of benzene rings is 1. The van der Waals surface area contributed by atoms with E-state index in [1.54, 1.807) is 30.9 Å². The van der Waals surface area contributed by atoms with Crippen molar-refractivity contribution in [2.75, 3.05) is 5.75 Å². The SMILES string of the molecule is Cc1ccc(Cc2cnc(SCCCCCCCCc3ccccc3)[nH]c2=O)c[n+]1[O-]. The molecule has 0 amide bonds. The molecule has 0 aliphatic heterocycles. The highest BCUT2D eigenvalue weighted by Crippen LogP contribution is 2.16. The molecule has 164 valence electrons. The van der Waals surface area contributed by atoms with Gasteiger partial charge in [0.2, 0.25) is 0 Å². The minimum Gasteiger partial charge on any atom is -0.619 e. The van der Waals surface area contributed by atoms with E-state index >= 15 is 0 Å². The van der Waals surface area contributed by atoms with Gasteiger partial charge in [-0.05, 0) is 30.9 Å². The summed E-state index contributed by atoms with van der Waals surface area (Å²) < 4.78 is 0.824. The molecule has 3 aromatic rings. The fraction of sp³-hybridized carbons (Fsp3) is 0.400. The number of aromatic amines is 1. The lowest BCUT2D eigenvalue weighted by atomic mass is 10.1. The molecule has 5 nitrogen and oxygen atoms in total. The number of unbranched alkanes of at least 4 members (excludes halogenated alkanes) is 5. The van der Waals surface area contributed by atoms with Crippen molar-refractivity contribution in [3.8, 4) is 0 Å². The molecule has 0 atom stereocenters. The maximum absolute atomic E-state index is 12.3. The lowest BCUT2D eigenvalue weighted by molar-refractivity contribution is -0.612. The van der Waals surface area contributed by atoms with Crippen molar-refractivity contribution in [3.05, 3.63) is 92.8 Å². The molecular formula is C25H31N3O2S. The number of aryl methyl sites for hydroxylation is 2. The number of H-pyrrole nitrogens is 1. The van der Waals surface area contributed by atoms with Crippen LogP contribution in [0.25, 0.3) is 0 Å². The van der Waals surface area contributed by atoms with Crippen LogP contribution >= 0.6 is 11.8 Å². The normalized spacial score (nSPS) is 11.0. The van der Waals surface area contributed by atoms with Crippen LogP contribution in [0.4, 0.5) is 0 Å². The number of pyridine rings is 1. The van der Waals surface area contributed by atoms with E-state index < -0.39 is 0 Å². The van der Waals surface area contributed by atoms with Gasteiger partial charge in [-0.15, -0.1) is 0 Å². The lowest BCUT2D eigenvalue weighted by Gasteiger charge is -2.05. The van der Waals surface area contributed by atoms with E-state index in [2.05, 4.69) is 40.3 Å². The van der Waals surface area contributed by atoms with E-state index in [0.717, 1.165) is 22.5 Å². The molecule has 31 heavy (non-hydrogen) atoms. The van der Waals surface area contributed by atoms with Gasteiger partial charge in [0, 0.05) is 42.5 Å². The first-order valence-electron chi connectivity index (χ1n) is 11.1. The second-order valence-electron chi connectivity index (χ2n) is 7.93. The first-order chi connectivity index (χ1) is 15.1. The number of nitrogens with one attached hydrogen (secondary N) is 1. The zero-order valence-corrected chi connectivity index (χ0v) is 19.0. The summed E-state index contributed by atoms with van der Waals surface area (Å²) in [4.78, 5) is 19.6. The highest BCUT2D eigenvalue weighted by molar-refractivity contribution is 7.99. The Balaban J connectivity index is 1.30. The van der Waals surface area contributed by atoms with Gasteiger partial charge in [0.1, 0.15) is 0 Å². The molecule has 0 saturated heterocycles. The van der Waals surface area contributed by atoms with E-state index in [1.165, 1.54) is 50.3 Å². The lowest BCUT2D eigenvalue weighted by Crippen LogP contribution is -2.30. The number of hydrogen-bond donors (Lipinski definition) is 1. The Bertz CT molecular complexity index is 1010. The summed E-state index contributed by atoms with van der Waals surface area (Å²) in [7, 11) is 0. The topological polar surface area (TPSA) is 72.7 Å². The molecule has 2 aromatic heterocycles. The summed E-state index contributed by atoms with van der Waals surface area (Å²) in [6, 6.07) is 14.3. The van der Waals surface area contributed by atoms with Crippen LogP contribution in [0.15, 0.2) is 64.8 Å². The minimum atomic E-state index is -0.131. The third-order valence-electron chi connectivity index (χ3n) is 5.36. The molecule has 6 heteroatoms. The van der Waals surface area contributed by atoms with E-state index in [-0.39, 0.29) is 5.56 Å². The molecule has 0 radical (unpaired) electrons. The van der Waals surface area contributed by atoms with Crippen molar-refractivity contribution < 1.29 is 4.73 Å². The van der Waals surface area contributed by atoms with Crippen molar-refractivity contribution in [2.24, 2.45) is 0 Å². The molecule has 0 unspecified atom stereocenters. The van der Waals surface area contributed by atoms with E-state index in [9.17, 15) is 10.0 Å². The summed E-state index contributed by atoms with van der Waals surface area (Å²) in [5.41, 5.74) is 3.31. The molecule has 0 saturated carbocycles. The fourth-order valence-electron chi connectivity index (χ4n) is 3.48. The zero-order chi connectivity index (χ0) is 21.9. The molecule has 0 spiro atoms. The molecule has 3 rings (SSSR count). The first-order valence-corrected chi connectivity index (χ1v) is 12.0. The summed E-state index contributed by atoms with van der Waals surface area (Å²) in [6.07, 6.45) is 12.1. The van der Waals surface area contributed by atoms with Crippen LogP contribution < -0.4 is 10.3 Å². The Labute approximate surface area is 188 Å². The summed E-state index contributed by atoms with van der Waals surface area (Å²) in [5, 5.41) is 12.4. The number of nitrogens with zero attached hydrogens (tertiary/aromatic N) is 2. The average molecular weight is 438 g/mol. The van der Waals surface area contributed by atoms with Gasteiger partial charge >= 0.3 is 0 Å². The van der Waals surface area contributed by atoms with Gasteiger partial charge in [-0.2, -0.15) is 4.73 Å². The smallest absolute Gasteiger partial charge is 0.255 e. The molecule has 0 aliphatic rings. The predicted octanol–water partition coefficient (Wildman–Crippen LogP) is 4.98. The van der Waals surface area contributed by atoms with Crippen LogP contribution in [0, 0.1) is 12.1 Å². The number of hydrogen-bond acceptors (Lipinski definition) is 4.